The van der Waals surface area contributed by atoms with Crippen molar-refractivity contribution in [3.05, 3.63) is 0 Å². The molecule has 33 heavy (non-hydrogen) atoms. The standard InChI is InChI=1S/C13H24O3.C9H16O3.C4H10O/c1-9-6-7-10(15-5)8-11(9)12(14)16-13(2,3)4;1-6-3-4-7(12-2)5-8(6)9(10)11;1-3-5-4-2/h9-11H,6-8H2,1-5H3;6-8H,3-5H2,1-2H3,(H,10,11);3-4H2,1-2H3/t9-,10-,11-;6-,7-,8-;/m11./s1. The molecule has 0 aromatic rings. The molecule has 0 heterocycles. The molecule has 7 nitrogen and oxygen atoms in total. The lowest BCUT2D eigenvalue weighted by atomic mass is 9.79. The zero-order valence-electron chi connectivity index (χ0n) is 22.5. The number of hydrogen-bond acceptors (Lipinski definition) is 6. The number of methoxy groups -OCH3 is 2. The van der Waals surface area contributed by atoms with E-state index in [0.717, 1.165) is 45.3 Å². The van der Waals surface area contributed by atoms with Gasteiger partial charge in [0.1, 0.15) is 5.60 Å². The average molecular weight is 475 g/mol. The van der Waals surface area contributed by atoms with E-state index in [4.69, 9.17) is 24.1 Å². The number of aliphatic carboxylic acids is 1. The molecule has 2 aliphatic carbocycles. The lowest BCUT2D eigenvalue weighted by Crippen LogP contribution is -2.37. The fourth-order valence-corrected chi connectivity index (χ4v) is 4.25. The molecule has 6 atom stereocenters. The fraction of sp³-hybridized carbons (Fsp3) is 0.923. The molecule has 2 aliphatic rings. The third-order valence-electron chi connectivity index (χ3n) is 6.40. The zero-order valence-corrected chi connectivity index (χ0v) is 22.5. The van der Waals surface area contributed by atoms with Gasteiger partial charge in [0.15, 0.2) is 0 Å². The molecule has 2 saturated carbocycles. The summed E-state index contributed by atoms with van der Waals surface area (Å²) in [7, 11) is 3.37. The number of carboxylic acid groups (broad SMARTS) is 1. The van der Waals surface area contributed by atoms with Gasteiger partial charge in [0.25, 0.3) is 0 Å². The van der Waals surface area contributed by atoms with Crippen molar-refractivity contribution in [2.75, 3.05) is 27.4 Å². The van der Waals surface area contributed by atoms with Gasteiger partial charge in [0.05, 0.1) is 24.0 Å². The number of carbonyl (C=O) groups excluding carboxylic acids is 1. The highest BCUT2D eigenvalue weighted by atomic mass is 16.6. The number of carbonyl (C=O) groups is 2. The van der Waals surface area contributed by atoms with Gasteiger partial charge in [-0.2, -0.15) is 0 Å². The Labute approximate surface area is 201 Å². The summed E-state index contributed by atoms with van der Waals surface area (Å²) in [6, 6.07) is 0. The van der Waals surface area contributed by atoms with E-state index in [0.29, 0.717) is 18.3 Å². The number of rotatable bonds is 6. The molecule has 0 radical (unpaired) electrons. The van der Waals surface area contributed by atoms with Crippen molar-refractivity contribution < 1.29 is 33.6 Å². The van der Waals surface area contributed by atoms with Crippen molar-refractivity contribution in [2.24, 2.45) is 23.7 Å². The van der Waals surface area contributed by atoms with Gasteiger partial charge in [0, 0.05) is 27.4 Å². The SMILES string of the molecule is CCOCC.CO[C@@H]1CC[C@@H](C)[C@H](C(=O)O)C1.CO[C@@H]1CC[C@@H](C)[C@H](C(=O)OC(C)(C)C)C1. The first kappa shape index (κ1) is 31.8. The Morgan fingerprint density at radius 2 is 1.24 bits per heavy atom. The maximum absolute atomic E-state index is 12.0. The van der Waals surface area contributed by atoms with E-state index in [-0.39, 0.29) is 30.0 Å². The van der Waals surface area contributed by atoms with Crippen LogP contribution in [-0.4, -0.2) is 62.3 Å². The lowest BCUT2D eigenvalue weighted by molar-refractivity contribution is -0.165. The van der Waals surface area contributed by atoms with Gasteiger partial charge in [-0.3, -0.25) is 9.59 Å². The van der Waals surface area contributed by atoms with Gasteiger partial charge in [-0.1, -0.05) is 13.8 Å². The Hall–Kier alpha value is -1.18. The van der Waals surface area contributed by atoms with E-state index in [9.17, 15) is 9.59 Å². The minimum Gasteiger partial charge on any atom is -0.481 e. The first-order chi connectivity index (χ1) is 15.4. The molecule has 0 saturated heterocycles. The molecule has 0 unspecified atom stereocenters. The molecule has 2 rings (SSSR count). The third-order valence-corrected chi connectivity index (χ3v) is 6.40. The maximum atomic E-state index is 12.0. The predicted molar refractivity (Wildman–Crippen MR) is 130 cm³/mol. The molecule has 0 aromatic heterocycles. The van der Waals surface area contributed by atoms with Gasteiger partial charge < -0.3 is 24.1 Å². The van der Waals surface area contributed by atoms with Crippen molar-refractivity contribution in [1.29, 1.82) is 0 Å². The van der Waals surface area contributed by atoms with E-state index in [1.807, 2.05) is 41.5 Å². The zero-order chi connectivity index (χ0) is 25.6. The molecular formula is C26H50O7. The highest BCUT2D eigenvalue weighted by Gasteiger charge is 2.35. The quantitative estimate of drug-likeness (QED) is 0.519. The Morgan fingerprint density at radius 1 is 0.818 bits per heavy atom. The van der Waals surface area contributed by atoms with Crippen molar-refractivity contribution in [2.45, 2.75) is 105 Å². The minimum absolute atomic E-state index is 0.00192. The summed E-state index contributed by atoms with van der Waals surface area (Å²) in [4.78, 5) is 22.8. The maximum Gasteiger partial charge on any atom is 0.309 e. The highest BCUT2D eigenvalue weighted by molar-refractivity contribution is 5.73. The van der Waals surface area contributed by atoms with Crippen LogP contribution in [0.5, 0.6) is 0 Å². The molecule has 0 aliphatic heterocycles. The topological polar surface area (TPSA) is 91.3 Å². The van der Waals surface area contributed by atoms with Gasteiger partial charge in [-0.25, -0.2) is 0 Å². The van der Waals surface area contributed by atoms with E-state index >= 15 is 0 Å². The van der Waals surface area contributed by atoms with Crippen LogP contribution in [0.4, 0.5) is 0 Å². The summed E-state index contributed by atoms with van der Waals surface area (Å²) in [5.74, 6) is -0.247. The first-order valence-electron chi connectivity index (χ1n) is 12.5. The van der Waals surface area contributed by atoms with Crippen LogP contribution in [-0.2, 0) is 28.5 Å². The van der Waals surface area contributed by atoms with Gasteiger partial charge in [0.2, 0.25) is 0 Å². The van der Waals surface area contributed by atoms with E-state index < -0.39 is 11.6 Å². The summed E-state index contributed by atoms with van der Waals surface area (Å²) in [6.07, 6.45) is 5.91. The molecule has 7 heteroatoms. The molecule has 0 aromatic carbocycles. The van der Waals surface area contributed by atoms with Crippen LogP contribution in [0.2, 0.25) is 0 Å². The third kappa shape index (κ3) is 13.3. The predicted octanol–water partition coefficient (Wildman–Crippen LogP) is 5.34. The number of esters is 1. The van der Waals surface area contributed by atoms with Crippen LogP contribution in [0, 0.1) is 23.7 Å². The lowest BCUT2D eigenvalue weighted by Gasteiger charge is -2.33. The van der Waals surface area contributed by atoms with Crippen molar-refractivity contribution >= 4 is 11.9 Å². The average Bonchev–Trinajstić information content (AvgIpc) is 2.74. The Balaban J connectivity index is 0.000000530. The molecule has 0 amide bonds. The van der Waals surface area contributed by atoms with E-state index in [2.05, 4.69) is 6.92 Å². The Kier molecular flexibility index (Phi) is 15.9. The van der Waals surface area contributed by atoms with Crippen LogP contribution in [0.3, 0.4) is 0 Å². The second kappa shape index (κ2) is 16.4. The fourth-order valence-electron chi connectivity index (χ4n) is 4.25. The van der Waals surface area contributed by atoms with E-state index in [1.54, 1.807) is 14.2 Å². The van der Waals surface area contributed by atoms with Crippen LogP contribution in [0.25, 0.3) is 0 Å². The number of ether oxygens (including phenoxy) is 4. The second-order valence-corrected chi connectivity index (χ2v) is 10.2. The summed E-state index contributed by atoms with van der Waals surface area (Å²) in [5.41, 5.74) is -0.392. The van der Waals surface area contributed by atoms with Crippen LogP contribution in [0.1, 0.15) is 87.0 Å². The molecular weight excluding hydrogens is 424 g/mol. The summed E-state index contributed by atoms with van der Waals surface area (Å²) in [6.45, 7) is 15.5. The number of carboxylic acids is 1. The molecule has 2 fully saturated rings. The van der Waals surface area contributed by atoms with Crippen LogP contribution < -0.4 is 0 Å². The van der Waals surface area contributed by atoms with E-state index in [1.165, 1.54) is 0 Å². The molecule has 0 spiro atoms. The number of hydrogen-bond donors (Lipinski definition) is 1. The molecule has 1 N–H and O–H groups in total. The smallest absolute Gasteiger partial charge is 0.309 e. The van der Waals surface area contributed by atoms with Gasteiger partial charge in [-0.05, 0) is 85.0 Å². The van der Waals surface area contributed by atoms with Crippen molar-refractivity contribution in [3.63, 3.8) is 0 Å². The molecule has 0 bridgehead atoms. The van der Waals surface area contributed by atoms with Crippen molar-refractivity contribution in [1.82, 2.24) is 0 Å². The van der Waals surface area contributed by atoms with Gasteiger partial charge in [-0.15, -0.1) is 0 Å². The summed E-state index contributed by atoms with van der Waals surface area (Å²) >= 11 is 0. The normalized spacial score (nSPS) is 29.6. The Bertz CT molecular complexity index is 541. The molecule has 196 valence electrons. The van der Waals surface area contributed by atoms with Gasteiger partial charge >= 0.3 is 11.9 Å². The first-order valence-corrected chi connectivity index (χ1v) is 12.5. The van der Waals surface area contributed by atoms with Crippen LogP contribution >= 0.6 is 0 Å². The monoisotopic (exact) mass is 474 g/mol. The Morgan fingerprint density at radius 3 is 1.58 bits per heavy atom. The van der Waals surface area contributed by atoms with Crippen LogP contribution in [0.15, 0.2) is 0 Å². The summed E-state index contributed by atoms with van der Waals surface area (Å²) < 4.78 is 20.8. The minimum atomic E-state index is -0.677. The second-order valence-electron chi connectivity index (χ2n) is 10.2. The largest absolute Gasteiger partial charge is 0.481 e. The van der Waals surface area contributed by atoms with Crippen molar-refractivity contribution in [3.8, 4) is 0 Å². The highest BCUT2D eigenvalue weighted by Crippen LogP contribution is 2.33. The summed E-state index contributed by atoms with van der Waals surface area (Å²) in [5, 5.41) is 8.87.